The molecule has 1 aromatic heterocycles. The Hall–Kier alpha value is -1.61. The monoisotopic (exact) mass is 283 g/mol. The third-order valence-electron chi connectivity index (χ3n) is 4.57. The zero-order chi connectivity index (χ0) is 14.8. The molecule has 0 saturated heterocycles. The topological polar surface area (TPSA) is 29.9 Å². The van der Waals surface area contributed by atoms with Crippen LogP contribution in [0.5, 0.6) is 0 Å². The van der Waals surface area contributed by atoms with Crippen LogP contribution in [0, 0.1) is 5.92 Å². The van der Waals surface area contributed by atoms with Crippen LogP contribution in [-0.4, -0.2) is 16.3 Å². The van der Waals surface area contributed by atoms with Gasteiger partial charge >= 0.3 is 0 Å². The third kappa shape index (κ3) is 2.88. The van der Waals surface area contributed by atoms with Crippen molar-refractivity contribution < 1.29 is 0 Å². The second-order valence-electron chi connectivity index (χ2n) is 5.99. The average molecular weight is 283 g/mol. The average Bonchev–Trinajstić information content (AvgIpc) is 3.22. The maximum absolute atomic E-state index is 4.62. The highest BCUT2D eigenvalue weighted by Gasteiger charge is 2.45. The lowest BCUT2D eigenvalue weighted by Gasteiger charge is -2.18. The molecule has 21 heavy (non-hydrogen) atoms. The molecule has 3 rings (SSSR count). The Labute approximate surface area is 127 Å². The number of hydrogen-bond acceptors (Lipinski definition) is 2. The molecule has 2 aromatic rings. The van der Waals surface area contributed by atoms with Gasteiger partial charge in [0.1, 0.15) is 0 Å². The Morgan fingerprint density at radius 1 is 1.29 bits per heavy atom. The second-order valence-corrected chi connectivity index (χ2v) is 5.99. The van der Waals surface area contributed by atoms with E-state index < -0.39 is 0 Å². The van der Waals surface area contributed by atoms with Gasteiger partial charge in [-0.05, 0) is 42.9 Å². The van der Waals surface area contributed by atoms with E-state index in [0.29, 0.717) is 17.9 Å². The Morgan fingerprint density at radius 2 is 2.05 bits per heavy atom. The predicted molar refractivity (Wildman–Crippen MR) is 86.3 cm³/mol. The maximum atomic E-state index is 4.62. The molecule has 0 bridgehead atoms. The minimum Gasteiger partial charge on any atom is -0.309 e. The molecule has 3 atom stereocenters. The van der Waals surface area contributed by atoms with E-state index in [-0.39, 0.29) is 0 Å². The van der Waals surface area contributed by atoms with Gasteiger partial charge in [0.05, 0.1) is 17.4 Å². The van der Waals surface area contributed by atoms with Crippen LogP contribution in [0.3, 0.4) is 0 Å². The molecule has 3 heteroatoms. The van der Waals surface area contributed by atoms with E-state index in [4.69, 9.17) is 0 Å². The summed E-state index contributed by atoms with van der Waals surface area (Å²) in [7, 11) is 2.07. The molecule has 1 aliphatic rings. The van der Waals surface area contributed by atoms with Gasteiger partial charge in [-0.25, -0.2) is 0 Å². The maximum Gasteiger partial charge on any atom is 0.0625 e. The molecule has 3 nitrogen and oxygen atoms in total. The summed E-state index contributed by atoms with van der Waals surface area (Å²) < 4.78 is 2.06. The van der Waals surface area contributed by atoms with Crippen LogP contribution in [0.2, 0.25) is 0 Å². The molecule has 112 valence electrons. The van der Waals surface area contributed by atoms with Crippen LogP contribution < -0.4 is 5.32 Å². The minimum absolute atomic E-state index is 0.415. The van der Waals surface area contributed by atoms with E-state index >= 15 is 0 Å². The fraction of sp³-hybridized carbons (Fsp3) is 0.500. The van der Waals surface area contributed by atoms with Gasteiger partial charge in [-0.3, -0.25) is 4.68 Å². The molecule has 1 fully saturated rings. The number of aryl methyl sites for hydroxylation is 2. The highest BCUT2D eigenvalue weighted by Crippen LogP contribution is 2.53. The van der Waals surface area contributed by atoms with Crippen molar-refractivity contribution in [3.05, 3.63) is 53.3 Å². The van der Waals surface area contributed by atoms with Crippen LogP contribution in [0.4, 0.5) is 0 Å². The number of aromatic nitrogens is 2. The number of benzene rings is 1. The van der Waals surface area contributed by atoms with Gasteiger partial charge in [-0.1, -0.05) is 44.2 Å². The van der Waals surface area contributed by atoms with Crippen molar-refractivity contribution in [1.29, 1.82) is 0 Å². The first-order valence-corrected chi connectivity index (χ1v) is 8.05. The molecule has 0 amide bonds. The Morgan fingerprint density at radius 3 is 2.67 bits per heavy atom. The first kappa shape index (κ1) is 14.3. The van der Waals surface area contributed by atoms with Crippen LogP contribution >= 0.6 is 0 Å². The lowest BCUT2D eigenvalue weighted by molar-refractivity contribution is 0.455. The molecule has 1 aromatic carbocycles. The lowest BCUT2D eigenvalue weighted by Crippen LogP contribution is -2.25. The van der Waals surface area contributed by atoms with Crippen LogP contribution in [-0.2, 0) is 13.5 Å². The summed E-state index contributed by atoms with van der Waals surface area (Å²) in [5, 5.41) is 8.29. The molecule has 1 N–H and O–H groups in total. The van der Waals surface area contributed by atoms with Crippen molar-refractivity contribution in [1.82, 2.24) is 15.1 Å². The number of hydrogen-bond donors (Lipinski definition) is 1. The second kappa shape index (κ2) is 6.02. The number of nitrogens with one attached hydrogen (secondary N) is 1. The van der Waals surface area contributed by atoms with Crippen molar-refractivity contribution in [2.45, 2.75) is 38.6 Å². The Balaban J connectivity index is 1.81. The number of rotatable bonds is 6. The third-order valence-corrected chi connectivity index (χ3v) is 4.57. The highest BCUT2D eigenvalue weighted by atomic mass is 15.3. The van der Waals surface area contributed by atoms with E-state index in [1.54, 1.807) is 0 Å². The van der Waals surface area contributed by atoms with E-state index in [1.807, 2.05) is 0 Å². The van der Waals surface area contributed by atoms with Gasteiger partial charge in [-0.15, -0.1) is 0 Å². The Bertz CT molecular complexity index is 588. The molecule has 0 aliphatic heterocycles. The fourth-order valence-corrected chi connectivity index (χ4v) is 3.37. The summed E-state index contributed by atoms with van der Waals surface area (Å²) in [6.45, 7) is 5.34. The van der Waals surface area contributed by atoms with Crippen LogP contribution in [0.1, 0.15) is 49.2 Å². The molecule has 1 aliphatic carbocycles. The highest BCUT2D eigenvalue weighted by molar-refractivity contribution is 5.29. The first-order valence-electron chi connectivity index (χ1n) is 8.05. The van der Waals surface area contributed by atoms with Crippen LogP contribution in [0.15, 0.2) is 36.4 Å². The van der Waals surface area contributed by atoms with Gasteiger partial charge < -0.3 is 5.32 Å². The van der Waals surface area contributed by atoms with E-state index in [2.05, 4.69) is 72.4 Å². The quantitative estimate of drug-likeness (QED) is 0.880. The van der Waals surface area contributed by atoms with Crippen molar-refractivity contribution in [2.24, 2.45) is 13.0 Å². The zero-order valence-corrected chi connectivity index (χ0v) is 13.2. The largest absolute Gasteiger partial charge is 0.309 e. The normalized spacial score (nSPS) is 22.2. The van der Waals surface area contributed by atoms with Crippen molar-refractivity contribution in [2.75, 3.05) is 6.54 Å². The summed E-state index contributed by atoms with van der Waals surface area (Å²) in [5.41, 5.74) is 3.99. The smallest absolute Gasteiger partial charge is 0.0625 e. The van der Waals surface area contributed by atoms with Crippen molar-refractivity contribution >= 4 is 0 Å². The molecular weight excluding hydrogens is 258 g/mol. The van der Waals surface area contributed by atoms with Gasteiger partial charge in [0.15, 0.2) is 0 Å². The fourth-order valence-electron chi connectivity index (χ4n) is 3.37. The van der Waals surface area contributed by atoms with Gasteiger partial charge in [0.2, 0.25) is 0 Å². The molecule has 0 spiro atoms. The molecule has 0 radical (unpaired) electrons. The summed E-state index contributed by atoms with van der Waals surface area (Å²) in [6.07, 6.45) is 2.27. The SMILES string of the molecule is CCNC(c1cc(CC)nn1C)C1CC1c1ccccc1. The van der Waals surface area contributed by atoms with Crippen LogP contribution in [0.25, 0.3) is 0 Å². The van der Waals surface area contributed by atoms with Crippen molar-refractivity contribution in [3.8, 4) is 0 Å². The summed E-state index contributed by atoms with van der Waals surface area (Å²) in [4.78, 5) is 0. The number of nitrogens with zero attached hydrogens (tertiary/aromatic N) is 2. The molecule has 1 heterocycles. The first-order chi connectivity index (χ1) is 10.2. The van der Waals surface area contributed by atoms with E-state index in [9.17, 15) is 0 Å². The standard InChI is InChI=1S/C18H25N3/c1-4-14-11-17(21(3)20-14)18(19-5-2)16-12-15(16)13-9-7-6-8-10-13/h6-11,15-16,18-19H,4-5,12H2,1-3H3. The van der Waals surface area contributed by atoms with Crippen molar-refractivity contribution in [3.63, 3.8) is 0 Å². The van der Waals surface area contributed by atoms with Gasteiger partial charge in [0.25, 0.3) is 0 Å². The lowest BCUT2D eigenvalue weighted by atomic mass is 10.0. The summed E-state index contributed by atoms with van der Waals surface area (Å²) >= 11 is 0. The molecular formula is C18H25N3. The predicted octanol–water partition coefficient (Wildman–Crippen LogP) is 3.44. The van der Waals surface area contributed by atoms with Gasteiger partial charge in [0, 0.05) is 7.05 Å². The molecule has 1 saturated carbocycles. The minimum atomic E-state index is 0.415. The van der Waals surface area contributed by atoms with Gasteiger partial charge in [-0.2, -0.15) is 5.10 Å². The van der Waals surface area contributed by atoms with E-state index in [0.717, 1.165) is 13.0 Å². The summed E-state index contributed by atoms with van der Waals surface area (Å²) in [5.74, 6) is 1.38. The zero-order valence-electron chi connectivity index (χ0n) is 13.2. The molecule has 3 unspecified atom stereocenters. The van der Waals surface area contributed by atoms with E-state index in [1.165, 1.54) is 23.4 Å². The Kier molecular flexibility index (Phi) is 4.11. The summed E-state index contributed by atoms with van der Waals surface area (Å²) in [6, 6.07) is 13.6.